The van der Waals surface area contributed by atoms with E-state index in [1.807, 2.05) is 0 Å². The Kier molecular flexibility index (Phi) is 8.70. The first-order valence-electron chi connectivity index (χ1n) is 12.2. The fourth-order valence-corrected chi connectivity index (χ4v) is 5.58. The van der Waals surface area contributed by atoms with E-state index in [0.29, 0.717) is 39.9 Å². The molecule has 2 aliphatic heterocycles. The number of nitrogens with zero attached hydrogens (tertiary/aromatic N) is 4. The van der Waals surface area contributed by atoms with Crippen LogP contribution in [0.2, 0.25) is 10.0 Å². The number of urea groups is 1. The van der Waals surface area contributed by atoms with Crippen LogP contribution < -0.4 is 15.5 Å². The summed E-state index contributed by atoms with van der Waals surface area (Å²) in [4.78, 5) is 23.3. The number of piperazine rings is 1. The molecule has 0 saturated carbocycles. The number of carbonyl (C=O) groups is 1. The minimum atomic E-state index is -0.306. The van der Waals surface area contributed by atoms with Crippen molar-refractivity contribution in [2.45, 2.75) is 44.8 Å². The monoisotopic (exact) mass is 522 g/mol. The second kappa shape index (κ2) is 11.7. The summed E-state index contributed by atoms with van der Waals surface area (Å²) >= 11 is 12.4. The van der Waals surface area contributed by atoms with Crippen LogP contribution in [0.5, 0.6) is 0 Å². The van der Waals surface area contributed by atoms with Gasteiger partial charge in [0.05, 0.1) is 16.9 Å². The molecule has 10 heteroatoms. The lowest BCUT2D eigenvalue weighted by Crippen LogP contribution is -2.58. The first-order chi connectivity index (χ1) is 16.9. The number of anilines is 2. The molecule has 7 nitrogen and oxygen atoms in total. The molecular weight excluding hydrogens is 490 g/mol. The molecule has 3 heterocycles. The zero-order valence-electron chi connectivity index (χ0n) is 20.2. The predicted molar refractivity (Wildman–Crippen MR) is 140 cm³/mol. The molecule has 0 radical (unpaired) electrons. The van der Waals surface area contributed by atoms with Crippen molar-refractivity contribution in [2.75, 3.05) is 50.0 Å². The Labute approximate surface area is 216 Å². The zero-order valence-corrected chi connectivity index (χ0v) is 21.7. The van der Waals surface area contributed by atoms with Gasteiger partial charge in [-0.3, -0.25) is 9.80 Å². The van der Waals surface area contributed by atoms with Crippen molar-refractivity contribution in [1.29, 1.82) is 0 Å². The first-order valence-corrected chi connectivity index (χ1v) is 12.9. The molecule has 190 valence electrons. The van der Waals surface area contributed by atoms with Crippen molar-refractivity contribution in [3.05, 3.63) is 51.9 Å². The van der Waals surface area contributed by atoms with Crippen LogP contribution in [0.1, 0.15) is 31.7 Å². The summed E-state index contributed by atoms with van der Waals surface area (Å²) in [7, 11) is 1.56. The molecule has 0 bridgehead atoms. The van der Waals surface area contributed by atoms with Crippen LogP contribution in [0.15, 0.2) is 30.5 Å². The molecule has 2 fully saturated rings. The molecule has 2 amide bonds. The Morgan fingerprint density at radius 3 is 2.60 bits per heavy atom. The number of amides is 2. The smallest absolute Gasteiger partial charge is 0.319 e. The van der Waals surface area contributed by atoms with Gasteiger partial charge < -0.3 is 15.5 Å². The summed E-state index contributed by atoms with van der Waals surface area (Å²) in [6, 6.07) is 7.31. The molecule has 2 saturated heterocycles. The van der Waals surface area contributed by atoms with Crippen LogP contribution >= 0.6 is 23.2 Å². The minimum Gasteiger partial charge on any atom is -0.353 e. The van der Waals surface area contributed by atoms with E-state index in [1.165, 1.54) is 6.07 Å². The summed E-state index contributed by atoms with van der Waals surface area (Å²) in [6.45, 7) is 7.42. The Balaban J connectivity index is 1.33. The van der Waals surface area contributed by atoms with Gasteiger partial charge in [-0.05, 0) is 50.6 Å². The number of piperidine rings is 1. The molecule has 35 heavy (non-hydrogen) atoms. The van der Waals surface area contributed by atoms with Gasteiger partial charge in [-0.15, -0.1) is 0 Å². The number of likely N-dealkylation sites (tertiary alicyclic amines) is 1. The highest BCUT2D eigenvalue weighted by Crippen LogP contribution is 2.31. The SMILES string of the molecule is CC[C@H]1CN(c2ncc(NC(=O)NC)cc2Cl)CCN1C1CCN(Cc2ccc(Cl)cc2F)CC1. The average molecular weight is 523 g/mol. The number of halogens is 3. The largest absolute Gasteiger partial charge is 0.353 e. The van der Waals surface area contributed by atoms with E-state index >= 15 is 0 Å². The average Bonchev–Trinajstić information content (AvgIpc) is 2.86. The molecule has 1 aromatic heterocycles. The summed E-state index contributed by atoms with van der Waals surface area (Å²) < 4.78 is 14.2. The second-order valence-corrected chi connectivity index (χ2v) is 10.1. The van der Waals surface area contributed by atoms with Crippen molar-refractivity contribution in [1.82, 2.24) is 20.1 Å². The highest BCUT2D eigenvalue weighted by atomic mass is 35.5. The minimum absolute atomic E-state index is 0.230. The van der Waals surface area contributed by atoms with E-state index in [1.54, 1.807) is 31.4 Å². The predicted octanol–water partition coefficient (Wildman–Crippen LogP) is 4.84. The lowest BCUT2D eigenvalue weighted by atomic mass is 9.97. The van der Waals surface area contributed by atoms with E-state index in [9.17, 15) is 9.18 Å². The van der Waals surface area contributed by atoms with Gasteiger partial charge in [0.25, 0.3) is 0 Å². The third-order valence-corrected chi connectivity index (χ3v) is 7.55. The quantitative estimate of drug-likeness (QED) is 0.567. The van der Waals surface area contributed by atoms with E-state index in [4.69, 9.17) is 23.2 Å². The molecule has 0 unspecified atom stereocenters. The van der Waals surface area contributed by atoms with Crippen LogP contribution in [-0.4, -0.2) is 72.7 Å². The zero-order chi connectivity index (χ0) is 24.9. The van der Waals surface area contributed by atoms with E-state index in [-0.39, 0.29) is 11.8 Å². The number of carbonyl (C=O) groups excluding carboxylic acids is 1. The van der Waals surface area contributed by atoms with Crippen LogP contribution in [0.3, 0.4) is 0 Å². The van der Waals surface area contributed by atoms with Crippen LogP contribution in [0, 0.1) is 5.82 Å². The van der Waals surface area contributed by atoms with Crippen molar-refractivity contribution in [3.63, 3.8) is 0 Å². The van der Waals surface area contributed by atoms with Crippen LogP contribution in [0.4, 0.5) is 20.7 Å². The Hall–Kier alpha value is -2.13. The molecule has 1 aromatic carbocycles. The van der Waals surface area contributed by atoms with Crippen molar-refractivity contribution >= 4 is 40.7 Å². The van der Waals surface area contributed by atoms with Gasteiger partial charge in [0.15, 0.2) is 0 Å². The number of benzene rings is 1. The van der Waals surface area contributed by atoms with E-state index < -0.39 is 0 Å². The van der Waals surface area contributed by atoms with Gasteiger partial charge in [0.1, 0.15) is 11.6 Å². The fourth-order valence-electron chi connectivity index (χ4n) is 5.13. The first kappa shape index (κ1) is 25.9. The molecule has 0 aliphatic carbocycles. The summed E-state index contributed by atoms with van der Waals surface area (Å²) in [6.07, 6.45) is 4.83. The molecule has 2 aliphatic rings. The van der Waals surface area contributed by atoms with Gasteiger partial charge in [-0.25, -0.2) is 14.2 Å². The molecular formula is C25H33Cl2FN6O. The number of hydrogen-bond acceptors (Lipinski definition) is 5. The van der Waals surface area contributed by atoms with Crippen LogP contribution in [-0.2, 0) is 6.54 Å². The molecule has 2 aromatic rings. The lowest BCUT2D eigenvalue weighted by molar-refractivity contribution is 0.0607. The third kappa shape index (κ3) is 6.36. The number of nitrogens with one attached hydrogen (secondary N) is 2. The summed E-state index contributed by atoms with van der Waals surface area (Å²) in [5.74, 6) is 0.526. The molecule has 1 atom stereocenters. The van der Waals surface area contributed by atoms with Crippen molar-refractivity contribution in [2.24, 2.45) is 0 Å². The van der Waals surface area contributed by atoms with Crippen LogP contribution in [0.25, 0.3) is 0 Å². The maximum atomic E-state index is 14.2. The van der Waals surface area contributed by atoms with Gasteiger partial charge >= 0.3 is 6.03 Å². The maximum absolute atomic E-state index is 14.2. The topological polar surface area (TPSA) is 63.7 Å². The fraction of sp³-hybridized carbons (Fsp3) is 0.520. The summed E-state index contributed by atoms with van der Waals surface area (Å²) in [5, 5.41) is 6.19. The maximum Gasteiger partial charge on any atom is 0.319 e. The number of pyridine rings is 1. The Morgan fingerprint density at radius 1 is 1.17 bits per heavy atom. The van der Waals surface area contributed by atoms with Gasteiger partial charge in [0, 0.05) is 55.9 Å². The Morgan fingerprint density at radius 2 is 1.94 bits per heavy atom. The van der Waals surface area contributed by atoms with E-state index in [0.717, 1.165) is 57.8 Å². The highest BCUT2D eigenvalue weighted by Gasteiger charge is 2.34. The highest BCUT2D eigenvalue weighted by molar-refractivity contribution is 6.33. The van der Waals surface area contributed by atoms with E-state index in [2.05, 4.69) is 37.2 Å². The third-order valence-electron chi connectivity index (χ3n) is 7.04. The van der Waals surface area contributed by atoms with Gasteiger partial charge in [-0.2, -0.15) is 0 Å². The molecule has 2 N–H and O–H groups in total. The molecule has 0 spiro atoms. The van der Waals surface area contributed by atoms with Crippen molar-refractivity contribution < 1.29 is 9.18 Å². The second-order valence-electron chi connectivity index (χ2n) is 9.22. The number of hydrogen-bond donors (Lipinski definition) is 2. The van der Waals surface area contributed by atoms with Crippen molar-refractivity contribution in [3.8, 4) is 0 Å². The number of rotatable bonds is 6. The normalized spacial score (nSPS) is 20.1. The summed E-state index contributed by atoms with van der Waals surface area (Å²) in [5.41, 5.74) is 1.27. The van der Waals surface area contributed by atoms with Gasteiger partial charge in [-0.1, -0.05) is 36.2 Å². The lowest BCUT2D eigenvalue weighted by Gasteiger charge is -2.47. The number of aromatic nitrogens is 1. The Bertz CT molecular complexity index is 1030. The molecule has 4 rings (SSSR count). The standard InChI is InChI=1S/C25H33Cl2FN6O/c1-3-20-16-33(24-22(27)13-19(14-30-24)31-25(35)29-2)10-11-34(20)21-6-8-32(9-7-21)15-17-4-5-18(26)12-23(17)28/h4-5,12-14,20-21H,3,6-11,15-16H2,1-2H3,(H2,29,31,35)/t20-/m0/s1. The van der Waals surface area contributed by atoms with Gasteiger partial charge in [0.2, 0.25) is 0 Å².